The van der Waals surface area contributed by atoms with Crippen LogP contribution < -0.4 is 15.0 Å². The van der Waals surface area contributed by atoms with Gasteiger partial charge in [0.15, 0.2) is 5.52 Å². The molecule has 218 valence electrons. The van der Waals surface area contributed by atoms with Gasteiger partial charge in [-0.3, -0.25) is 9.48 Å². The maximum absolute atomic E-state index is 13.6. The first-order valence-electron chi connectivity index (χ1n) is 13.1. The van der Waals surface area contributed by atoms with E-state index in [1.807, 2.05) is 6.92 Å². The Morgan fingerprint density at radius 2 is 1.80 bits per heavy atom. The molecular weight excluding hydrogens is 552 g/mol. The van der Waals surface area contributed by atoms with Crippen molar-refractivity contribution in [1.82, 2.24) is 38.9 Å². The van der Waals surface area contributed by atoms with Crippen molar-refractivity contribution in [2.45, 2.75) is 11.8 Å². The van der Waals surface area contributed by atoms with E-state index >= 15 is 0 Å². The first kappa shape index (κ1) is 28.6. The molecule has 1 aliphatic rings. The van der Waals surface area contributed by atoms with E-state index in [-0.39, 0.29) is 40.9 Å². The van der Waals surface area contributed by atoms with Crippen molar-refractivity contribution < 1.29 is 22.6 Å². The third-order valence-corrected chi connectivity index (χ3v) is 8.80. The summed E-state index contributed by atoms with van der Waals surface area (Å²) in [5.74, 6) is 0.631. The lowest BCUT2D eigenvalue weighted by atomic mass is 10.1. The van der Waals surface area contributed by atoms with Gasteiger partial charge in [0.1, 0.15) is 22.8 Å². The lowest BCUT2D eigenvalue weighted by Crippen LogP contribution is -2.48. The number of nitrogens with zero attached hydrogens (tertiary/aromatic N) is 7. The molecule has 5 rings (SSSR count). The molecule has 0 saturated carbocycles. The van der Waals surface area contributed by atoms with Crippen molar-refractivity contribution in [2.24, 2.45) is 7.05 Å². The lowest BCUT2D eigenvalue weighted by molar-refractivity contribution is 0.144. The van der Waals surface area contributed by atoms with Crippen LogP contribution in [0.1, 0.15) is 6.92 Å². The predicted octanol–water partition coefficient (Wildman–Crippen LogP) is 1.14. The van der Waals surface area contributed by atoms with Crippen molar-refractivity contribution in [3.63, 3.8) is 0 Å². The molecular formula is C26H32N8O6S. The largest absolute Gasteiger partial charge is 0.481 e. The van der Waals surface area contributed by atoms with E-state index in [2.05, 4.69) is 25.0 Å². The number of aryl methyl sites for hydroxylation is 1. The summed E-state index contributed by atoms with van der Waals surface area (Å²) in [6.07, 6.45) is 2.87. The number of piperazine rings is 1. The minimum atomic E-state index is -3.86. The third kappa shape index (κ3) is 5.66. The van der Waals surface area contributed by atoms with Gasteiger partial charge in [-0.25, -0.2) is 23.4 Å². The average Bonchev–Trinajstić information content (AvgIpc) is 3.33. The molecule has 0 bridgehead atoms. The van der Waals surface area contributed by atoms with Gasteiger partial charge in [-0.05, 0) is 18.7 Å². The Kier molecular flexibility index (Phi) is 8.30. The number of aromatic amines is 1. The lowest BCUT2D eigenvalue weighted by Gasteiger charge is -2.33. The number of methoxy groups -OCH3 is 2. The van der Waals surface area contributed by atoms with E-state index in [9.17, 15) is 13.2 Å². The SMILES string of the molecule is CCN1CCN(S(=O)(=O)c2cnc(OCCOC)c(-c3nc4c(-c5ccc(OC)nc5)n(C)nc4c(=O)[nH]3)c2)CC1. The van der Waals surface area contributed by atoms with Crippen LogP contribution in [-0.2, 0) is 21.8 Å². The molecule has 0 unspecified atom stereocenters. The van der Waals surface area contributed by atoms with Gasteiger partial charge in [0.25, 0.3) is 5.56 Å². The summed E-state index contributed by atoms with van der Waals surface area (Å²) in [4.78, 5) is 31.4. The summed E-state index contributed by atoms with van der Waals surface area (Å²) in [7, 11) is 0.897. The molecule has 0 spiro atoms. The van der Waals surface area contributed by atoms with E-state index in [1.165, 1.54) is 30.8 Å². The minimum absolute atomic E-state index is 0.0231. The van der Waals surface area contributed by atoms with E-state index < -0.39 is 15.6 Å². The quantitative estimate of drug-likeness (QED) is 0.267. The van der Waals surface area contributed by atoms with Gasteiger partial charge in [-0.15, -0.1) is 0 Å². The molecule has 1 fully saturated rings. The maximum Gasteiger partial charge on any atom is 0.279 e. The monoisotopic (exact) mass is 584 g/mol. The number of likely N-dealkylation sites (N-methyl/N-ethyl adjacent to an activating group) is 1. The number of ether oxygens (including phenoxy) is 3. The molecule has 4 aromatic heterocycles. The van der Waals surface area contributed by atoms with Crippen LogP contribution in [0.3, 0.4) is 0 Å². The second kappa shape index (κ2) is 11.9. The summed E-state index contributed by atoms with van der Waals surface area (Å²) in [6.45, 7) is 5.37. The zero-order valence-corrected chi connectivity index (χ0v) is 24.1. The molecule has 0 aromatic carbocycles. The molecule has 4 aromatic rings. The van der Waals surface area contributed by atoms with E-state index in [0.29, 0.717) is 48.8 Å². The Morgan fingerprint density at radius 3 is 2.46 bits per heavy atom. The Labute approximate surface area is 237 Å². The molecule has 15 heteroatoms. The number of nitrogens with one attached hydrogen (secondary N) is 1. The van der Waals surface area contributed by atoms with Crippen LogP contribution in [0.5, 0.6) is 11.8 Å². The van der Waals surface area contributed by atoms with Gasteiger partial charge in [0.2, 0.25) is 21.8 Å². The van der Waals surface area contributed by atoms with Crippen LogP contribution in [0.25, 0.3) is 33.7 Å². The van der Waals surface area contributed by atoms with Crippen molar-refractivity contribution >= 4 is 21.1 Å². The van der Waals surface area contributed by atoms with E-state index in [4.69, 9.17) is 19.2 Å². The minimum Gasteiger partial charge on any atom is -0.481 e. The normalized spacial score (nSPS) is 14.9. The number of hydrogen-bond acceptors (Lipinski definition) is 11. The first-order valence-corrected chi connectivity index (χ1v) is 14.5. The van der Waals surface area contributed by atoms with Crippen molar-refractivity contribution in [2.75, 3.05) is 60.2 Å². The number of hydrogen-bond donors (Lipinski definition) is 1. The highest BCUT2D eigenvalue weighted by atomic mass is 32.2. The Bertz CT molecular complexity index is 1700. The number of H-pyrrole nitrogens is 1. The highest BCUT2D eigenvalue weighted by Crippen LogP contribution is 2.32. The third-order valence-electron chi connectivity index (χ3n) is 6.94. The standard InChI is InChI=1S/C26H32N8O6S/c1-5-33-8-10-34(11-9-33)41(36,37)18-14-19(26(28-16-18)40-13-12-38-3)24-29-21-22(25(35)30-24)31-32(2)23(21)17-6-7-20(39-4)27-15-17/h6-7,14-16H,5,8-13H2,1-4H3,(H,29,30,35). The van der Waals surface area contributed by atoms with Gasteiger partial charge in [-0.2, -0.15) is 9.40 Å². The fourth-order valence-corrected chi connectivity index (χ4v) is 6.08. The topological polar surface area (TPSA) is 158 Å². The molecule has 1 aliphatic heterocycles. The van der Waals surface area contributed by atoms with Crippen LogP contribution in [0.15, 0.2) is 40.3 Å². The van der Waals surface area contributed by atoms with Gasteiger partial charge < -0.3 is 24.1 Å². The highest BCUT2D eigenvalue weighted by Gasteiger charge is 2.30. The number of aromatic nitrogens is 6. The number of sulfonamides is 1. The fraction of sp³-hybridized carbons (Fsp3) is 0.423. The first-order chi connectivity index (χ1) is 19.8. The van der Waals surface area contributed by atoms with Crippen LogP contribution in [-0.4, -0.2) is 107 Å². The Balaban J connectivity index is 1.62. The summed E-state index contributed by atoms with van der Waals surface area (Å²) >= 11 is 0. The van der Waals surface area contributed by atoms with Crippen LogP contribution in [0.4, 0.5) is 0 Å². The zero-order chi connectivity index (χ0) is 29.1. The molecule has 0 atom stereocenters. The molecule has 14 nitrogen and oxygen atoms in total. The van der Waals surface area contributed by atoms with Crippen LogP contribution >= 0.6 is 0 Å². The molecule has 1 N–H and O–H groups in total. The van der Waals surface area contributed by atoms with Gasteiger partial charge in [0, 0.05) is 58.2 Å². The van der Waals surface area contributed by atoms with Gasteiger partial charge in [-0.1, -0.05) is 6.92 Å². The molecule has 5 heterocycles. The second-order valence-electron chi connectivity index (χ2n) is 9.38. The highest BCUT2D eigenvalue weighted by molar-refractivity contribution is 7.89. The summed E-state index contributed by atoms with van der Waals surface area (Å²) in [5.41, 5.74) is 1.36. The van der Waals surface area contributed by atoms with E-state index in [0.717, 1.165) is 6.54 Å². The molecule has 0 aliphatic carbocycles. The predicted molar refractivity (Wildman–Crippen MR) is 150 cm³/mol. The maximum atomic E-state index is 13.6. The molecule has 0 amide bonds. The molecule has 41 heavy (non-hydrogen) atoms. The fourth-order valence-electron chi connectivity index (χ4n) is 4.69. The van der Waals surface area contributed by atoms with Crippen LogP contribution in [0.2, 0.25) is 0 Å². The van der Waals surface area contributed by atoms with E-state index in [1.54, 1.807) is 30.1 Å². The van der Waals surface area contributed by atoms with Crippen molar-refractivity contribution in [3.8, 4) is 34.4 Å². The van der Waals surface area contributed by atoms with Crippen LogP contribution in [0, 0.1) is 0 Å². The summed E-state index contributed by atoms with van der Waals surface area (Å²) < 4.78 is 46.2. The number of fused-ring (bicyclic) bond motifs is 1. The Morgan fingerprint density at radius 1 is 1.02 bits per heavy atom. The van der Waals surface area contributed by atoms with Gasteiger partial charge in [0.05, 0.1) is 31.2 Å². The second-order valence-corrected chi connectivity index (χ2v) is 11.3. The van der Waals surface area contributed by atoms with Crippen molar-refractivity contribution in [3.05, 3.63) is 40.9 Å². The Hall–Kier alpha value is -3.92. The van der Waals surface area contributed by atoms with Gasteiger partial charge >= 0.3 is 0 Å². The molecule has 0 radical (unpaired) electrons. The molecule has 1 saturated heterocycles. The smallest absolute Gasteiger partial charge is 0.279 e. The summed E-state index contributed by atoms with van der Waals surface area (Å²) in [6, 6.07) is 4.92. The number of rotatable bonds is 10. The number of pyridine rings is 2. The average molecular weight is 585 g/mol. The zero-order valence-electron chi connectivity index (χ0n) is 23.3. The van der Waals surface area contributed by atoms with Crippen molar-refractivity contribution in [1.29, 1.82) is 0 Å². The summed E-state index contributed by atoms with van der Waals surface area (Å²) in [5, 5.41) is 4.36.